The van der Waals surface area contributed by atoms with E-state index in [0.29, 0.717) is 5.92 Å². The molecular formula is C11H14N2. The Kier molecular flexibility index (Phi) is 1.83. The lowest BCUT2D eigenvalue weighted by molar-refractivity contribution is 0.836. The van der Waals surface area contributed by atoms with Gasteiger partial charge in [-0.1, -0.05) is 13.8 Å². The van der Waals surface area contributed by atoms with Crippen molar-refractivity contribution in [3.63, 3.8) is 0 Å². The summed E-state index contributed by atoms with van der Waals surface area (Å²) < 4.78 is 0. The fourth-order valence-corrected chi connectivity index (χ4v) is 1.53. The Hall–Kier alpha value is -1.31. The first kappa shape index (κ1) is 8.30. The zero-order valence-electron chi connectivity index (χ0n) is 8.26. The molecule has 1 N–H and O–H groups in total. The summed E-state index contributed by atoms with van der Waals surface area (Å²) in [5.41, 5.74) is 3.57. The summed E-state index contributed by atoms with van der Waals surface area (Å²) >= 11 is 0. The van der Waals surface area contributed by atoms with E-state index in [1.807, 2.05) is 19.2 Å². The summed E-state index contributed by atoms with van der Waals surface area (Å²) in [7, 11) is 0. The van der Waals surface area contributed by atoms with Gasteiger partial charge in [0.2, 0.25) is 0 Å². The zero-order valence-corrected chi connectivity index (χ0v) is 8.26. The molecule has 0 amide bonds. The maximum atomic E-state index is 4.26. The third kappa shape index (κ3) is 1.32. The van der Waals surface area contributed by atoms with Crippen LogP contribution in [0.4, 0.5) is 0 Å². The number of H-pyrrole nitrogens is 1. The molecule has 68 valence electrons. The monoisotopic (exact) mass is 174 g/mol. The summed E-state index contributed by atoms with van der Waals surface area (Å²) in [5.74, 6) is 0.548. The second kappa shape index (κ2) is 2.87. The van der Waals surface area contributed by atoms with E-state index in [9.17, 15) is 0 Å². The standard InChI is InChI=1S/C11H14N2/c1-7(2)11-6-9-8(3)12-5-4-10(9)13-11/h4-7,13H,1-3H3. The van der Waals surface area contributed by atoms with Crippen LogP contribution < -0.4 is 0 Å². The second-order valence-corrected chi connectivity index (χ2v) is 3.74. The predicted molar refractivity (Wildman–Crippen MR) is 54.9 cm³/mol. The molecule has 2 heterocycles. The fraction of sp³-hybridized carbons (Fsp3) is 0.364. The number of fused-ring (bicyclic) bond motifs is 1. The summed E-state index contributed by atoms with van der Waals surface area (Å²) in [5, 5.41) is 1.24. The minimum Gasteiger partial charge on any atom is -0.358 e. The van der Waals surface area contributed by atoms with Crippen molar-refractivity contribution in [1.29, 1.82) is 0 Å². The molecule has 2 aromatic heterocycles. The number of nitrogens with one attached hydrogen (secondary N) is 1. The average Bonchev–Trinajstić information content (AvgIpc) is 2.49. The molecule has 0 aliphatic rings. The topological polar surface area (TPSA) is 28.7 Å². The maximum Gasteiger partial charge on any atom is 0.0489 e. The van der Waals surface area contributed by atoms with Crippen LogP contribution in [0.25, 0.3) is 10.9 Å². The fourth-order valence-electron chi connectivity index (χ4n) is 1.53. The van der Waals surface area contributed by atoms with Gasteiger partial charge in [0, 0.05) is 28.5 Å². The molecular weight excluding hydrogens is 160 g/mol. The van der Waals surface area contributed by atoms with Crippen LogP contribution in [-0.4, -0.2) is 9.97 Å². The van der Waals surface area contributed by atoms with Crippen molar-refractivity contribution in [2.75, 3.05) is 0 Å². The van der Waals surface area contributed by atoms with Crippen molar-refractivity contribution < 1.29 is 0 Å². The van der Waals surface area contributed by atoms with Gasteiger partial charge in [0.15, 0.2) is 0 Å². The second-order valence-electron chi connectivity index (χ2n) is 3.74. The molecule has 0 aliphatic carbocycles. The highest BCUT2D eigenvalue weighted by Crippen LogP contribution is 2.21. The van der Waals surface area contributed by atoms with Gasteiger partial charge in [-0.05, 0) is 25.0 Å². The lowest BCUT2D eigenvalue weighted by Crippen LogP contribution is -1.84. The molecule has 0 unspecified atom stereocenters. The number of aromatic amines is 1. The molecule has 0 spiro atoms. The van der Waals surface area contributed by atoms with Crippen LogP contribution in [0.5, 0.6) is 0 Å². The van der Waals surface area contributed by atoms with Crippen LogP contribution in [0.1, 0.15) is 31.2 Å². The zero-order chi connectivity index (χ0) is 9.42. The number of rotatable bonds is 1. The number of aromatic nitrogens is 2. The molecule has 0 aromatic carbocycles. The van der Waals surface area contributed by atoms with Gasteiger partial charge >= 0.3 is 0 Å². The first-order chi connectivity index (χ1) is 6.18. The number of aryl methyl sites for hydroxylation is 1. The van der Waals surface area contributed by atoms with E-state index in [1.165, 1.54) is 16.6 Å². The molecule has 2 rings (SSSR count). The number of nitrogens with zero attached hydrogens (tertiary/aromatic N) is 1. The van der Waals surface area contributed by atoms with Gasteiger partial charge in [-0.3, -0.25) is 4.98 Å². The van der Waals surface area contributed by atoms with E-state index >= 15 is 0 Å². The molecule has 0 fully saturated rings. The van der Waals surface area contributed by atoms with Crippen molar-refractivity contribution in [2.45, 2.75) is 26.7 Å². The third-order valence-electron chi connectivity index (χ3n) is 2.39. The largest absolute Gasteiger partial charge is 0.358 e. The van der Waals surface area contributed by atoms with E-state index < -0.39 is 0 Å². The van der Waals surface area contributed by atoms with Gasteiger partial charge in [0.05, 0.1) is 0 Å². The Morgan fingerprint density at radius 2 is 2.15 bits per heavy atom. The summed E-state index contributed by atoms with van der Waals surface area (Å²) in [4.78, 5) is 7.66. The highest BCUT2D eigenvalue weighted by Gasteiger charge is 2.05. The molecule has 0 atom stereocenters. The number of hydrogen-bond acceptors (Lipinski definition) is 1. The summed E-state index contributed by atoms with van der Waals surface area (Å²) in [6, 6.07) is 4.22. The minimum absolute atomic E-state index is 0.548. The molecule has 2 nitrogen and oxygen atoms in total. The summed E-state index contributed by atoms with van der Waals surface area (Å²) in [6.45, 7) is 6.42. The van der Waals surface area contributed by atoms with Crippen molar-refractivity contribution in [3.05, 3.63) is 29.7 Å². The van der Waals surface area contributed by atoms with Gasteiger partial charge in [-0.2, -0.15) is 0 Å². The van der Waals surface area contributed by atoms with Gasteiger partial charge < -0.3 is 4.98 Å². The van der Waals surface area contributed by atoms with Gasteiger partial charge in [0.1, 0.15) is 0 Å². The van der Waals surface area contributed by atoms with E-state index in [2.05, 4.69) is 29.9 Å². The molecule has 0 bridgehead atoms. The van der Waals surface area contributed by atoms with E-state index in [1.54, 1.807) is 0 Å². The molecule has 13 heavy (non-hydrogen) atoms. The molecule has 0 aliphatic heterocycles. The molecule has 0 saturated carbocycles. The van der Waals surface area contributed by atoms with E-state index in [-0.39, 0.29) is 0 Å². The van der Waals surface area contributed by atoms with Crippen LogP contribution in [0, 0.1) is 6.92 Å². The quantitative estimate of drug-likeness (QED) is 0.707. The Labute approximate surface area is 78.0 Å². The van der Waals surface area contributed by atoms with Crippen LogP contribution in [-0.2, 0) is 0 Å². The Morgan fingerprint density at radius 1 is 1.38 bits per heavy atom. The van der Waals surface area contributed by atoms with Crippen LogP contribution in [0.15, 0.2) is 18.3 Å². The molecule has 2 heteroatoms. The lowest BCUT2D eigenvalue weighted by atomic mass is 10.1. The van der Waals surface area contributed by atoms with Crippen molar-refractivity contribution >= 4 is 10.9 Å². The van der Waals surface area contributed by atoms with Crippen LogP contribution in [0.2, 0.25) is 0 Å². The smallest absolute Gasteiger partial charge is 0.0489 e. The third-order valence-corrected chi connectivity index (χ3v) is 2.39. The number of hydrogen-bond donors (Lipinski definition) is 1. The maximum absolute atomic E-state index is 4.26. The van der Waals surface area contributed by atoms with Crippen molar-refractivity contribution in [3.8, 4) is 0 Å². The van der Waals surface area contributed by atoms with Crippen molar-refractivity contribution in [1.82, 2.24) is 9.97 Å². The molecule has 0 saturated heterocycles. The Bertz CT molecular complexity index is 427. The normalized spacial score (nSPS) is 11.4. The lowest BCUT2D eigenvalue weighted by Gasteiger charge is -1.97. The Morgan fingerprint density at radius 3 is 2.77 bits per heavy atom. The predicted octanol–water partition coefficient (Wildman–Crippen LogP) is 2.99. The van der Waals surface area contributed by atoms with Gasteiger partial charge in [-0.15, -0.1) is 0 Å². The molecule has 0 radical (unpaired) electrons. The summed E-state index contributed by atoms with van der Waals surface area (Å²) in [6.07, 6.45) is 1.85. The van der Waals surface area contributed by atoms with Crippen LogP contribution >= 0.6 is 0 Å². The van der Waals surface area contributed by atoms with Crippen LogP contribution in [0.3, 0.4) is 0 Å². The average molecular weight is 174 g/mol. The number of pyridine rings is 1. The highest BCUT2D eigenvalue weighted by atomic mass is 14.7. The SMILES string of the molecule is Cc1nccc2[nH]c(C(C)C)cc12. The highest BCUT2D eigenvalue weighted by molar-refractivity contribution is 5.82. The van der Waals surface area contributed by atoms with E-state index in [4.69, 9.17) is 0 Å². The van der Waals surface area contributed by atoms with Crippen molar-refractivity contribution in [2.24, 2.45) is 0 Å². The van der Waals surface area contributed by atoms with E-state index in [0.717, 1.165) is 5.69 Å². The Balaban J connectivity index is 2.68. The molecule has 2 aromatic rings. The first-order valence-corrected chi connectivity index (χ1v) is 4.62. The first-order valence-electron chi connectivity index (χ1n) is 4.62. The minimum atomic E-state index is 0.548. The van der Waals surface area contributed by atoms with Gasteiger partial charge in [-0.25, -0.2) is 0 Å². The van der Waals surface area contributed by atoms with Gasteiger partial charge in [0.25, 0.3) is 0 Å².